The normalized spacial score (nSPS) is 15.6. The van der Waals surface area contributed by atoms with Crippen LogP contribution in [0.2, 0.25) is 10.0 Å². The first-order chi connectivity index (χ1) is 18.5. The van der Waals surface area contributed by atoms with E-state index in [1.54, 1.807) is 18.2 Å². The van der Waals surface area contributed by atoms with Crippen LogP contribution in [0.25, 0.3) is 16.8 Å². The fraction of sp³-hybridized carbons (Fsp3) is 0.103. The number of hydrogen-bond acceptors (Lipinski definition) is 6. The van der Waals surface area contributed by atoms with E-state index in [1.807, 2.05) is 60.7 Å². The van der Waals surface area contributed by atoms with E-state index in [1.165, 1.54) is 4.90 Å². The van der Waals surface area contributed by atoms with Crippen molar-refractivity contribution in [2.45, 2.75) is 13.2 Å². The van der Waals surface area contributed by atoms with Gasteiger partial charge in [0, 0.05) is 21.7 Å². The van der Waals surface area contributed by atoms with Crippen molar-refractivity contribution in [1.82, 2.24) is 4.90 Å². The van der Waals surface area contributed by atoms with Crippen LogP contribution < -0.4 is 14.2 Å². The number of rotatable bonds is 6. The molecule has 6 rings (SSSR count). The van der Waals surface area contributed by atoms with Gasteiger partial charge in [-0.05, 0) is 64.0 Å². The number of nitrogens with zero attached hydrogens (tertiary/aromatic N) is 1. The quantitative estimate of drug-likeness (QED) is 0.224. The van der Waals surface area contributed by atoms with Crippen LogP contribution in [0.4, 0.5) is 4.79 Å². The van der Waals surface area contributed by atoms with Crippen molar-refractivity contribution in [3.8, 4) is 17.2 Å². The smallest absolute Gasteiger partial charge is 0.293 e. The van der Waals surface area contributed by atoms with Crippen LogP contribution >= 0.6 is 35.0 Å². The standard InChI is InChI=1S/C29H19Cl2NO5S/c30-20-8-5-17(6-9-20)15-35-24-10-7-18-3-1-2-4-21(18)22(24)12-27-28(33)32(29(34)38-27)14-19-11-25-26(13-23(19)31)37-16-36-25/h1-13H,14-16H2/b27-12+. The molecule has 0 bridgehead atoms. The van der Waals surface area contributed by atoms with E-state index in [-0.39, 0.29) is 18.6 Å². The molecule has 0 aliphatic carbocycles. The van der Waals surface area contributed by atoms with Gasteiger partial charge in [0.05, 0.1) is 11.4 Å². The maximum Gasteiger partial charge on any atom is 0.293 e. The summed E-state index contributed by atoms with van der Waals surface area (Å²) < 4.78 is 16.9. The lowest BCUT2D eigenvalue weighted by molar-refractivity contribution is -0.123. The Morgan fingerprint density at radius 2 is 1.71 bits per heavy atom. The van der Waals surface area contributed by atoms with Crippen LogP contribution in [0, 0.1) is 0 Å². The maximum absolute atomic E-state index is 13.4. The highest BCUT2D eigenvalue weighted by Crippen LogP contribution is 2.40. The molecule has 2 heterocycles. The van der Waals surface area contributed by atoms with Gasteiger partial charge < -0.3 is 14.2 Å². The molecule has 1 saturated heterocycles. The summed E-state index contributed by atoms with van der Waals surface area (Å²) in [5.41, 5.74) is 2.27. The Hall–Kier alpha value is -3.65. The second-order valence-electron chi connectivity index (χ2n) is 8.68. The lowest BCUT2D eigenvalue weighted by Crippen LogP contribution is -2.27. The van der Waals surface area contributed by atoms with E-state index >= 15 is 0 Å². The Morgan fingerprint density at radius 3 is 2.53 bits per heavy atom. The van der Waals surface area contributed by atoms with Gasteiger partial charge in [-0.25, -0.2) is 0 Å². The largest absolute Gasteiger partial charge is 0.488 e. The average Bonchev–Trinajstić information content (AvgIpc) is 3.48. The van der Waals surface area contributed by atoms with Gasteiger partial charge in [-0.1, -0.05) is 65.7 Å². The molecule has 0 saturated carbocycles. The molecule has 38 heavy (non-hydrogen) atoms. The second-order valence-corrected chi connectivity index (χ2v) is 10.5. The minimum Gasteiger partial charge on any atom is -0.488 e. The molecule has 1 fully saturated rings. The van der Waals surface area contributed by atoms with Crippen LogP contribution in [-0.2, 0) is 17.9 Å². The number of carbonyl (C=O) groups excluding carboxylic acids is 2. The van der Waals surface area contributed by atoms with Crippen LogP contribution in [0.15, 0.2) is 77.7 Å². The zero-order valence-electron chi connectivity index (χ0n) is 19.8. The van der Waals surface area contributed by atoms with Gasteiger partial charge in [-0.2, -0.15) is 0 Å². The molecule has 0 aromatic heterocycles. The molecular formula is C29H19Cl2NO5S. The summed E-state index contributed by atoms with van der Waals surface area (Å²) in [7, 11) is 0. The predicted molar refractivity (Wildman–Crippen MR) is 149 cm³/mol. The molecular weight excluding hydrogens is 545 g/mol. The van der Waals surface area contributed by atoms with Crippen molar-refractivity contribution < 1.29 is 23.8 Å². The van der Waals surface area contributed by atoms with Crippen LogP contribution in [0.5, 0.6) is 17.2 Å². The van der Waals surface area contributed by atoms with E-state index in [9.17, 15) is 9.59 Å². The number of hydrogen-bond donors (Lipinski definition) is 0. The Balaban J connectivity index is 1.31. The van der Waals surface area contributed by atoms with Crippen molar-refractivity contribution in [2.24, 2.45) is 0 Å². The van der Waals surface area contributed by atoms with Gasteiger partial charge in [0.1, 0.15) is 12.4 Å². The van der Waals surface area contributed by atoms with Crippen molar-refractivity contribution >= 4 is 63.0 Å². The highest BCUT2D eigenvalue weighted by molar-refractivity contribution is 8.18. The van der Waals surface area contributed by atoms with E-state index in [4.69, 9.17) is 37.4 Å². The topological polar surface area (TPSA) is 65.1 Å². The molecule has 2 amide bonds. The van der Waals surface area contributed by atoms with Gasteiger partial charge in [-0.3, -0.25) is 14.5 Å². The molecule has 2 aliphatic heterocycles. The van der Waals surface area contributed by atoms with Crippen molar-refractivity contribution in [1.29, 1.82) is 0 Å². The van der Waals surface area contributed by atoms with Crippen LogP contribution in [-0.4, -0.2) is 22.8 Å². The first-order valence-electron chi connectivity index (χ1n) is 11.7. The third-order valence-corrected chi connectivity index (χ3v) is 7.77. The SMILES string of the molecule is O=C1S/C(=C/c2c(OCc3ccc(Cl)cc3)ccc3ccccc23)C(=O)N1Cc1cc2c(cc1Cl)OCO2. The van der Waals surface area contributed by atoms with Gasteiger partial charge in [0.15, 0.2) is 11.5 Å². The van der Waals surface area contributed by atoms with E-state index < -0.39 is 5.91 Å². The summed E-state index contributed by atoms with van der Waals surface area (Å²) in [4.78, 5) is 27.8. The van der Waals surface area contributed by atoms with E-state index in [0.717, 1.165) is 33.7 Å². The number of amides is 2. The summed E-state index contributed by atoms with van der Waals surface area (Å²) in [6.07, 6.45) is 1.73. The maximum atomic E-state index is 13.4. The molecule has 0 radical (unpaired) electrons. The number of halogens is 2. The average molecular weight is 564 g/mol. The third-order valence-electron chi connectivity index (χ3n) is 6.26. The summed E-state index contributed by atoms with van der Waals surface area (Å²) in [6, 6.07) is 22.4. The highest BCUT2D eigenvalue weighted by Gasteiger charge is 2.36. The number of ether oxygens (including phenoxy) is 3. The molecule has 9 heteroatoms. The van der Waals surface area contributed by atoms with Crippen LogP contribution in [0.1, 0.15) is 16.7 Å². The fourth-order valence-electron chi connectivity index (χ4n) is 4.31. The van der Waals surface area contributed by atoms with Crippen molar-refractivity contribution in [3.05, 3.63) is 104 Å². The first kappa shape index (κ1) is 24.7. The zero-order chi connectivity index (χ0) is 26.2. The molecule has 2 aliphatic rings. The Bertz CT molecular complexity index is 1620. The van der Waals surface area contributed by atoms with Crippen molar-refractivity contribution in [3.63, 3.8) is 0 Å². The summed E-state index contributed by atoms with van der Waals surface area (Å²) in [5.74, 6) is 1.27. The van der Waals surface area contributed by atoms with E-state index in [2.05, 4.69) is 0 Å². The minimum atomic E-state index is -0.398. The number of benzene rings is 4. The summed E-state index contributed by atoms with van der Waals surface area (Å²) in [6.45, 7) is 0.445. The lowest BCUT2D eigenvalue weighted by Gasteiger charge is -2.14. The second kappa shape index (κ2) is 10.3. The third kappa shape index (κ3) is 4.80. The molecule has 6 nitrogen and oxygen atoms in total. The summed E-state index contributed by atoms with van der Waals surface area (Å²) >= 11 is 13.3. The van der Waals surface area contributed by atoms with Crippen molar-refractivity contribution in [2.75, 3.05) is 6.79 Å². The van der Waals surface area contributed by atoms with Gasteiger partial charge in [0.2, 0.25) is 6.79 Å². The Kier molecular flexibility index (Phi) is 6.66. The van der Waals surface area contributed by atoms with Gasteiger partial charge in [-0.15, -0.1) is 0 Å². The molecule has 4 aromatic carbocycles. The molecule has 4 aromatic rings. The highest BCUT2D eigenvalue weighted by atomic mass is 35.5. The Labute approximate surface area is 232 Å². The van der Waals surface area contributed by atoms with Gasteiger partial charge in [0.25, 0.3) is 11.1 Å². The van der Waals surface area contributed by atoms with E-state index in [0.29, 0.717) is 44.4 Å². The van der Waals surface area contributed by atoms with Gasteiger partial charge >= 0.3 is 0 Å². The predicted octanol–water partition coefficient (Wildman–Crippen LogP) is 7.69. The number of imide groups is 1. The molecule has 0 N–H and O–H groups in total. The van der Waals surface area contributed by atoms with Crippen LogP contribution in [0.3, 0.4) is 0 Å². The first-order valence-corrected chi connectivity index (χ1v) is 13.3. The minimum absolute atomic E-state index is 0.0208. The number of carbonyl (C=O) groups is 2. The Morgan fingerprint density at radius 1 is 0.947 bits per heavy atom. The summed E-state index contributed by atoms with van der Waals surface area (Å²) in [5, 5.41) is 2.57. The number of fused-ring (bicyclic) bond motifs is 2. The molecule has 190 valence electrons. The number of thioether (sulfide) groups is 1. The molecule has 0 atom stereocenters. The lowest BCUT2D eigenvalue weighted by atomic mass is 10.0. The molecule has 0 unspecified atom stereocenters. The molecule has 0 spiro atoms. The monoisotopic (exact) mass is 563 g/mol. The zero-order valence-corrected chi connectivity index (χ0v) is 22.1. The fourth-order valence-corrected chi connectivity index (χ4v) is 5.47.